The molecule has 164 valence electrons. The highest BCUT2D eigenvalue weighted by atomic mass is 32.2. The standard InChI is InChI=1S/C21H17F2N5O3S/c22-14-8-9-16(15(23)12-14)31-21-24-19-17(18(26-27-19)13-6-2-1-3-7-13)20(25-21)28-10-4-5-11-32(28,29)30/h1-3,6-9,12H,4-5,10-11H2,(H,24,25,26,27). The molecule has 0 atom stereocenters. The van der Waals surface area contributed by atoms with Crippen LogP contribution in [0.15, 0.2) is 48.5 Å². The number of ether oxygens (including phenoxy) is 1. The van der Waals surface area contributed by atoms with Crippen molar-refractivity contribution in [2.24, 2.45) is 0 Å². The number of nitrogens with one attached hydrogen (secondary N) is 1. The molecule has 3 heterocycles. The van der Waals surface area contributed by atoms with E-state index in [0.717, 1.165) is 17.7 Å². The van der Waals surface area contributed by atoms with Crippen molar-refractivity contribution in [2.45, 2.75) is 12.8 Å². The fourth-order valence-electron chi connectivity index (χ4n) is 3.61. The Morgan fingerprint density at radius 2 is 1.84 bits per heavy atom. The van der Waals surface area contributed by atoms with E-state index in [2.05, 4.69) is 20.2 Å². The Morgan fingerprint density at radius 3 is 2.59 bits per heavy atom. The molecule has 0 radical (unpaired) electrons. The summed E-state index contributed by atoms with van der Waals surface area (Å²) in [4.78, 5) is 8.56. The Morgan fingerprint density at radius 1 is 1.03 bits per heavy atom. The maximum absolute atomic E-state index is 14.1. The van der Waals surface area contributed by atoms with Gasteiger partial charge in [-0.1, -0.05) is 30.3 Å². The number of fused-ring (bicyclic) bond motifs is 1. The molecule has 2 aromatic heterocycles. The third-order valence-corrected chi connectivity index (χ3v) is 6.95. The second kappa shape index (κ2) is 7.83. The number of hydrogen-bond acceptors (Lipinski definition) is 6. The zero-order valence-electron chi connectivity index (χ0n) is 16.6. The summed E-state index contributed by atoms with van der Waals surface area (Å²) < 4.78 is 59.7. The van der Waals surface area contributed by atoms with Gasteiger partial charge in [0.15, 0.2) is 23.0 Å². The molecule has 2 aromatic carbocycles. The van der Waals surface area contributed by atoms with Crippen LogP contribution in [0.25, 0.3) is 22.3 Å². The van der Waals surface area contributed by atoms with Crippen LogP contribution in [-0.2, 0) is 10.0 Å². The Kier molecular flexibility index (Phi) is 4.97. The molecular formula is C21H17F2N5O3S. The molecular weight excluding hydrogens is 440 g/mol. The van der Waals surface area contributed by atoms with Crippen LogP contribution in [0.5, 0.6) is 11.8 Å². The fourth-order valence-corrected chi connectivity index (χ4v) is 5.20. The molecule has 1 fully saturated rings. The number of hydrogen-bond donors (Lipinski definition) is 1. The Hall–Kier alpha value is -3.60. The first-order chi connectivity index (χ1) is 15.4. The SMILES string of the molecule is O=S1(=O)CCCCN1c1nc(Oc2ccc(F)cc2F)nc2n[nH]c(-c3ccccc3)c12. The third kappa shape index (κ3) is 3.64. The lowest BCUT2D eigenvalue weighted by molar-refractivity contribution is 0.409. The van der Waals surface area contributed by atoms with Crippen LogP contribution in [0, 0.1) is 11.6 Å². The summed E-state index contributed by atoms with van der Waals surface area (Å²) in [7, 11) is -3.63. The molecule has 0 amide bonds. The smallest absolute Gasteiger partial charge is 0.326 e. The summed E-state index contributed by atoms with van der Waals surface area (Å²) in [6, 6.07) is 11.8. The number of sulfonamides is 1. The van der Waals surface area contributed by atoms with Crippen molar-refractivity contribution in [2.75, 3.05) is 16.6 Å². The normalized spacial score (nSPS) is 15.8. The van der Waals surface area contributed by atoms with Gasteiger partial charge in [-0.15, -0.1) is 0 Å². The first kappa shape index (κ1) is 20.3. The van der Waals surface area contributed by atoms with E-state index in [1.165, 1.54) is 4.31 Å². The van der Waals surface area contributed by atoms with E-state index in [1.54, 1.807) is 0 Å². The van der Waals surface area contributed by atoms with Gasteiger partial charge in [-0.05, 0) is 25.0 Å². The molecule has 0 unspecified atom stereocenters. The summed E-state index contributed by atoms with van der Waals surface area (Å²) in [5.41, 5.74) is 1.48. The number of halogens is 2. The number of nitrogens with zero attached hydrogens (tertiary/aromatic N) is 4. The van der Waals surface area contributed by atoms with Crippen molar-refractivity contribution in [3.8, 4) is 23.0 Å². The van der Waals surface area contributed by atoms with Gasteiger partial charge in [0.25, 0.3) is 0 Å². The Bertz CT molecular complexity index is 1410. The molecule has 4 aromatic rings. The van der Waals surface area contributed by atoms with Crippen molar-refractivity contribution in [3.63, 3.8) is 0 Å². The summed E-state index contributed by atoms with van der Waals surface area (Å²) in [5.74, 6) is -1.91. The van der Waals surface area contributed by atoms with Gasteiger partial charge in [0, 0.05) is 18.2 Å². The van der Waals surface area contributed by atoms with E-state index in [-0.39, 0.29) is 35.5 Å². The monoisotopic (exact) mass is 457 g/mol. The zero-order chi connectivity index (χ0) is 22.3. The summed E-state index contributed by atoms with van der Waals surface area (Å²) in [6.45, 7) is 0.234. The largest absolute Gasteiger partial charge is 0.421 e. The molecule has 11 heteroatoms. The van der Waals surface area contributed by atoms with Crippen molar-refractivity contribution < 1.29 is 21.9 Å². The second-order valence-electron chi connectivity index (χ2n) is 7.27. The van der Waals surface area contributed by atoms with Crippen LogP contribution in [0.3, 0.4) is 0 Å². The maximum Gasteiger partial charge on any atom is 0.326 e. The van der Waals surface area contributed by atoms with E-state index >= 15 is 0 Å². The average molecular weight is 457 g/mol. The van der Waals surface area contributed by atoms with Gasteiger partial charge < -0.3 is 4.74 Å². The molecule has 32 heavy (non-hydrogen) atoms. The topological polar surface area (TPSA) is 101 Å². The molecule has 1 N–H and O–H groups in total. The maximum atomic E-state index is 14.1. The highest BCUT2D eigenvalue weighted by Gasteiger charge is 2.31. The first-order valence-electron chi connectivity index (χ1n) is 9.87. The number of H-pyrrole nitrogens is 1. The highest BCUT2D eigenvalue weighted by molar-refractivity contribution is 7.92. The molecule has 1 aliphatic rings. The third-order valence-electron chi connectivity index (χ3n) is 5.12. The molecule has 8 nitrogen and oxygen atoms in total. The molecule has 1 saturated heterocycles. The van der Waals surface area contributed by atoms with Crippen molar-refractivity contribution in [1.29, 1.82) is 0 Å². The fraction of sp³-hybridized carbons (Fsp3) is 0.190. The number of benzene rings is 2. The predicted octanol–water partition coefficient (Wildman–Crippen LogP) is 4.02. The lowest BCUT2D eigenvalue weighted by Crippen LogP contribution is -2.38. The second-order valence-corrected chi connectivity index (χ2v) is 9.28. The van der Waals surface area contributed by atoms with Crippen LogP contribution >= 0.6 is 0 Å². The lowest BCUT2D eigenvalue weighted by Gasteiger charge is -2.27. The molecule has 1 aliphatic heterocycles. The van der Waals surface area contributed by atoms with E-state index in [4.69, 9.17) is 4.74 Å². The first-order valence-corrected chi connectivity index (χ1v) is 11.5. The summed E-state index contributed by atoms with van der Waals surface area (Å²) in [5, 5.41) is 7.51. The minimum atomic E-state index is -3.63. The highest BCUT2D eigenvalue weighted by Crippen LogP contribution is 2.36. The van der Waals surface area contributed by atoms with Gasteiger partial charge in [-0.3, -0.25) is 9.40 Å². The van der Waals surface area contributed by atoms with Gasteiger partial charge in [-0.25, -0.2) is 17.2 Å². The predicted molar refractivity (Wildman–Crippen MR) is 114 cm³/mol. The number of rotatable bonds is 4. The minimum Gasteiger partial charge on any atom is -0.421 e. The number of aromatic nitrogens is 4. The Labute approximate surface area is 181 Å². The summed E-state index contributed by atoms with van der Waals surface area (Å²) in [6.07, 6.45) is 1.21. The molecule has 0 aliphatic carbocycles. The van der Waals surface area contributed by atoms with Crippen molar-refractivity contribution in [1.82, 2.24) is 20.2 Å². The van der Waals surface area contributed by atoms with Gasteiger partial charge >= 0.3 is 6.01 Å². The van der Waals surface area contributed by atoms with Crippen LogP contribution in [0.2, 0.25) is 0 Å². The van der Waals surface area contributed by atoms with Crippen molar-refractivity contribution in [3.05, 3.63) is 60.2 Å². The van der Waals surface area contributed by atoms with Crippen molar-refractivity contribution >= 4 is 26.9 Å². The zero-order valence-corrected chi connectivity index (χ0v) is 17.4. The van der Waals surface area contributed by atoms with Gasteiger partial charge in [0.1, 0.15) is 5.82 Å². The van der Waals surface area contributed by atoms with E-state index in [9.17, 15) is 17.2 Å². The molecule has 0 saturated carbocycles. The number of anilines is 1. The van der Waals surface area contributed by atoms with E-state index < -0.39 is 21.7 Å². The average Bonchev–Trinajstić information content (AvgIpc) is 3.20. The summed E-state index contributed by atoms with van der Waals surface area (Å²) >= 11 is 0. The van der Waals surface area contributed by atoms with Gasteiger partial charge in [0.05, 0.1) is 16.8 Å². The molecule has 0 bridgehead atoms. The van der Waals surface area contributed by atoms with Gasteiger partial charge in [-0.2, -0.15) is 15.1 Å². The number of aromatic amines is 1. The van der Waals surface area contributed by atoms with Crippen LogP contribution in [0.1, 0.15) is 12.8 Å². The minimum absolute atomic E-state index is 0.0141. The lowest BCUT2D eigenvalue weighted by atomic mass is 10.1. The molecule has 5 rings (SSSR count). The van der Waals surface area contributed by atoms with Gasteiger partial charge in [0.2, 0.25) is 10.0 Å². The van der Waals surface area contributed by atoms with Crippen LogP contribution in [0.4, 0.5) is 14.6 Å². The van der Waals surface area contributed by atoms with Crippen LogP contribution < -0.4 is 9.04 Å². The quantitative estimate of drug-likeness (QED) is 0.497. The van der Waals surface area contributed by atoms with Crippen LogP contribution in [-0.4, -0.2) is 40.9 Å². The van der Waals surface area contributed by atoms with E-state index in [1.807, 2.05) is 30.3 Å². The molecule has 0 spiro atoms. The van der Waals surface area contributed by atoms with E-state index in [0.29, 0.717) is 30.0 Å². The Balaban J connectivity index is 1.70.